The summed E-state index contributed by atoms with van der Waals surface area (Å²) < 4.78 is 15.8. The average Bonchev–Trinajstić information content (AvgIpc) is 2.51. The van der Waals surface area contributed by atoms with E-state index >= 15 is 0 Å². The quantitative estimate of drug-likeness (QED) is 0.700. The smallest absolute Gasteiger partial charge is 0.319 e. The molecule has 2 aromatic rings. The van der Waals surface area contributed by atoms with E-state index in [1.54, 1.807) is 43.0 Å². The number of rotatable bonds is 6. The van der Waals surface area contributed by atoms with Crippen LogP contribution < -0.4 is 16.0 Å². The molecule has 0 unspecified atom stereocenters. The molecule has 2 amide bonds. The van der Waals surface area contributed by atoms with Crippen LogP contribution in [0.25, 0.3) is 0 Å². The van der Waals surface area contributed by atoms with Crippen LogP contribution in [0.15, 0.2) is 53.0 Å². The maximum Gasteiger partial charge on any atom is 0.319 e. The molecule has 128 valence electrons. The molecule has 3 N–H and O–H groups in total. The van der Waals surface area contributed by atoms with Gasteiger partial charge >= 0.3 is 6.03 Å². The van der Waals surface area contributed by atoms with Gasteiger partial charge in [0.2, 0.25) is 0 Å². The van der Waals surface area contributed by atoms with Gasteiger partial charge in [0.25, 0.3) is 0 Å². The third kappa shape index (κ3) is 6.66. The van der Waals surface area contributed by atoms with Crippen LogP contribution in [-0.4, -0.2) is 40.8 Å². The Labute approximate surface area is 142 Å². The highest BCUT2D eigenvalue weighted by molar-refractivity contribution is 7.92. The predicted octanol–water partition coefficient (Wildman–Crippen LogP) is 2.67. The summed E-state index contributed by atoms with van der Waals surface area (Å²) in [5, 5.41) is 8.56. The fraction of sp³-hybridized carbons (Fsp3) is 0.250. The molecule has 8 heteroatoms. The number of benzene rings is 1. The lowest BCUT2D eigenvalue weighted by atomic mass is 10.3. The van der Waals surface area contributed by atoms with Crippen LogP contribution in [0.4, 0.5) is 22.0 Å². The Hall–Kier alpha value is -2.61. The topological polar surface area (TPSA) is 95.5 Å². The molecule has 2 rings (SSSR count). The Morgan fingerprint density at radius 3 is 2.71 bits per heavy atom. The Balaban J connectivity index is 1.80. The molecule has 0 fully saturated rings. The molecule has 24 heavy (non-hydrogen) atoms. The van der Waals surface area contributed by atoms with E-state index < -0.39 is 9.73 Å². The largest absolute Gasteiger partial charge is 0.368 e. The van der Waals surface area contributed by atoms with E-state index in [0.717, 1.165) is 5.82 Å². The summed E-state index contributed by atoms with van der Waals surface area (Å²) in [5.74, 6) is 0.761. The van der Waals surface area contributed by atoms with Crippen molar-refractivity contribution in [3.63, 3.8) is 0 Å². The maximum absolute atomic E-state index is 11.9. The van der Waals surface area contributed by atoms with Crippen molar-refractivity contribution >= 4 is 33.0 Å². The van der Waals surface area contributed by atoms with Crippen molar-refractivity contribution < 1.29 is 9.00 Å². The number of anilines is 2. The van der Waals surface area contributed by atoms with E-state index in [0.29, 0.717) is 24.5 Å². The van der Waals surface area contributed by atoms with Gasteiger partial charge < -0.3 is 16.0 Å². The van der Waals surface area contributed by atoms with E-state index in [-0.39, 0.29) is 6.03 Å². The molecule has 0 aliphatic rings. The van der Waals surface area contributed by atoms with Crippen molar-refractivity contribution in [2.24, 2.45) is 4.36 Å². The summed E-state index contributed by atoms with van der Waals surface area (Å²) in [6.07, 6.45) is 4.83. The summed E-state index contributed by atoms with van der Waals surface area (Å²) in [6.45, 7) is 1.01. The molecule has 7 nitrogen and oxygen atoms in total. The number of carbonyl (C=O) groups excluding carboxylic acids is 1. The first-order valence-corrected chi connectivity index (χ1v) is 9.72. The molecule has 0 aliphatic carbocycles. The highest BCUT2D eigenvalue weighted by Crippen LogP contribution is 2.19. The van der Waals surface area contributed by atoms with Crippen LogP contribution in [-0.2, 0) is 9.73 Å². The van der Waals surface area contributed by atoms with Crippen molar-refractivity contribution in [1.29, 1.82) is 0 Å². The minimum Gasteiger partial charge on any atom is -0.368 e. The zero-order chi connectivity index (χ0) is 17.4. The van der Waals surface area contributed by atoms with Crippen molar-refractivity contribution in [3.05, 3.63) is 48.7 Å². The summed E-state index contributed by atoms with van der Waals surface area (Å²) in [7, 11) is -2.23. The van der Waals surface area contributed by atoms with E-state index in [2.05, 4.69) is 25.3 Å². The van der Waals surface area contributed by atoms with Gasteiger partial charge in [-0.2, -0.15) is 4.36 Å². The van der Waals surface area contributed by atoms with Crippen molar-refractivity contribution in [2.75, 3.05) is 36.2 Å². The molecule has 1 heterocycles. The number of nitrogens with one attached hydrogen (secondary N) is 3. The number of carbonyl (C=O) groups is 1. The fourth-order valence-electron chi connectivity index (χ4n) is 1.90. The number of nitrogens with zero attached hydrogens (tertiary/aromatic N) is 2. The summed E-state index contributed by atoms with van der Waals surface area (Å²) in [4.78, 5) is 16.0. The highest BCUT2D eigenvalue weighted by Gasteiger charge is 2.02. The molecule has 1 aromatic carbocycles. The van der Waals surface area contributed by atoms with E-state index in [1.807, 2.05) is 18.2 Å². The Morgan fingerprint density at radius 1 is 1.17 bits per heavy atom. The molecule has 0 bridgehead atoms. The fourth-order valence-corrected chi connectivity index (χ4v) is 2.52. The molecule has 0 radical (unpaired) electrons. The molecular formula is C16H21N5O2S. The molecule has 1 aromatic heterocycles. The zero-order valence-corrected chi connectivity index (χ0v) is 14.5. The van der Waals surface area contributed by atoms with Crippen LogP contribution >= 0.6 is 0 Å². The van der Waals surface area contributed by atoms with Crippen molar-refractivity contribution in [2.45, 2.75) is 0 Å². The number of pyridine rings is 1. The van der Waals surface area contributed by atoms with Crippen LogP contribution in [0.5, 0.6) is 0 Å². The van der Waals surface area contributed by atoms with Crippen LogP contribution in [0.1, 0.15) is 0 Å². The van der Waals surface area contributed by atoms with E-state index in [1.165, 1.54) is 0 Å². The minimum absolute atomic E-state index is 0.316. The second-order valence-corrected chi connectivity index (χ2v) is 7.89. The van der Waals surface area contributed by atoms with Gasteiger partial charge in [-0.3, -0.25) is 0 Å². The summed E-state index contributed by atoms with van der Waals surface area (Å²) in [6, 6.07) is 12.2. The lowest BCUT2D eigenvalue weighted by Gasteiger charge is -2.09. The third-order valence-electron chi connectivity index (χ3n) is 2.81. The first-order chi connectivity index (χ1) is 11.4. The third-order valence-corrected chi connectivity index (χ3v) is 3.46. The van der Waals surface area contributed by atoms with Crippen molar-refractivity contribution in [1.82, 2.24) is 10.3 Å². The maximum atomic E-state index is 11.9. The Kier molecular flexibility index (Phi) is 6.14. The lowest BCUT2D eigenvalue weighted by molar-refractivity contribution is 0.252. The van der Waals surface area contributed by atoms with Crippen LogP contribution in [0.2, 0.25) is 0 Å². The second kappa shape index (κ2) is 8.30. The van der Waals surface area contributed by atoms with Gasteiger partial charge in [-0.05, 0) is 30.3 Å². The molecule has 0 saturated heterocycles. The lowest BCUT2D eigenvalue weighted by Crippen LogP contribution is -2.32. The summed E-state index contributed by atoms with van der Waals surface area (Å²) in [5.41, 5.74) is 1.16. The first kappa shape index (κ1) is 17.7. The number of hydrogen-bond donors (Lipinski definition) is 3. The Bertz CT molecular complexity index is 793. The molecule has 0 atom stereocenters. The monoisotopic (exact) mass is 347 g/mol. The van der Waals surface area contributed by atoms with E-state index in [9.17, 15) is 9.00 Å². The number of urea groups is 1. The minimum atomic E-state index is -2.23. The van der Waals surface area contributed by atoms with Gasteiger partial charge in [0.1, 0.15) is 5.82 Å². The van der Waals surface area contributed by atoms with Gasteiger partial charge in [-0.1, -0.05) is 12.1 Å². The second-order valence-electron chi connectivity index (χ2n) is 5.35. The number of aromatic nitrogens is 1. The Morgan fingerprint density at radius 2 is 2.00 bits per heavy atom. The molecule has 0 aliphatic heterocycles. The number of amides is 2. The van der Waals surface area contributed by atoms with E-state index in [4.69, 9.17) is 0 Å². The van der Waals surface area contributed by atoms with Gasteiger partial charge in [0.15, 0.2) is 0 Å². The van der Waals surface area contributed by atoms with Crippen LogP contribution in [0.3, 0.4) is 0 Å². The van der Waals surface area contributed by atoms with Crippen molar-refractivity contribution in [3.8, 4) is 0 Å². The predicted molar refractivity (Wildman–Crippen MR) is 98.3 cm³/mol. The van der Waals surface area contributed by atoms with Gasteiger partial charge in [-0.25, -0.2) is 14.0 Å². The standard InChI is InChI=1S/C16H21N5O2S/c1-24(2,23)21-14-7-5-6-13(12-14)20-16(22)19-11-10-18-15-8-3-4-9-17-15/h3-9,12H,10-11H2,1-2H3,(H,17,18)(H2,19,20,22). The normalized spacial score (nSPS) is 10.8. The first-order valence-electron chi connectivity index (χ1n) is 7.39. The van der Waals surface area contributed by atoms with Gasteiger partial charge in [-0.15, -0.1) is 0 Å². The van der Waals surface area contributed by atoms with Gasteiger partial charge in [0.05, 0.1) is 5.69 Å². The molecule has 0 spiro atoms. The highest BCUT2D eigenvalue weighted by atomic mass is 32.2. The van der Waals surface area contributed by atoms with Gasteiger partial charge in [0, 0.05) is 47.2 Å². The summed E-state index contributed by atoms with van der Waals surface area (Å²) >= 11 is 0. The zero-order valence-electron chi connectivity index (χ0n) is 13.7. The van der Waals surface area contributed by atoms with Crippen LogP contribution in [0, 0.1) is 0 Å². The molecular weight excluding hydrogens is 326 g/mol. The SMILES string of the molecule is CS(C)(=O)=Nc1cccc(NC(=O)NCCNc2ccccn2)c1. The molecule has 0 saturated carbocycles. The number of hydrogen-bond acceptors (Lipinski definition) is 5. The average molecular weight is 347 g/mol.